The minimum absolute atomic E-state index is 0.0208. The topological polar surface area (TPSA) is 102 Å². The summed E-state index contributed by atoms with van der Waals surface area (Å²) >= 11 is 0. The number of aryl methyl sites for hydroxylation is 2. The largest absolute Gasteiger partial charge is 0.508 e. The molecule has 0 fully saturated rings. The molecule has 0 spiro atoms. The normalized spacial score (nSPS) is 13.2. The van der Waals surface area contributed by atoms with Gasteiger partial charge in [-0.25, -0.2) is 4.90 Å². The maximum absolute atomic E-state index is 10.7. The monoisotopic (exact) mass is 444 g/mol. The molecule has 1 aromatic heterocycles. The molecule has 7 heteroatoms. The summed E-state index contributed by atoms with van der Waals surface area (Å²) in [7, 11) is 1.61. The van der Waals surface area contributed by atoms with E-state index < -0.39 is 0 Å². The van der Waals surface area contributed by atoms with E-state index >= 15 is 0 Å². The highest BCUT2D eigenvalue weighted by Crippen LogP contribution is 2.35. The summed E-state index contributed by atoms with van der Waals surface area (Å²) in [5.74, 6) is 0.676. The van der Waals surface area contributed by atoms with Crippen molar-refractivity contribution in [2.45, 2.75) is 39.0 Å². The van der Waals surface area contributed by atoms with Crippen LogP contribution < -0.4 is 9.64 Å². The van der Waals surface area contributed by atoms with Gasteiger partial charge < -0.3 is 14.9 Å². The summed E-state index contributed by atoms with van der Waals surface area (Å²) in [6.45, 7) is 3.93. The van der Waals surface area contributed by atoms with E-state index in [0.29, 0.717) is 28.4 Å². The Bertz CT molecular complexity index is 1210. The predicted molar refractivity (Wildman–Crippen MR) is 130 cm³/mol. The number of aromatic hydroxyl groups is 2. The van der Waals surface area contributed by atoms with E-state index in [1.165, 1.54) is 23.4 Å². The van der Waals surface area contributed by atoms with Crippen LogP contribution >= 0.6 is 0 Å². The highest BCUT2D eigenvalue weighted by molar-refractivity contribution is 6.23. The van der Waals surface area contributed by atoms with Crippen LogP contribution in [0.1, 0.15) is 48.4 Å². The van der Waals surface area contributed by atoms with E-state index in [1.54, 1.807) is 36.3 Å². The molecule has 4 rings (SSSR count). The van der Waals surface area contributed by atoms with Gasteiger partial charge in [0.2, 0.25) is 0 Å². The quantitative estimate of drug-likeness (QED) is 0.388. The Hall–Kier alpha value is -3.87. The van der Waals surface area contributed by atoms with Crippen molar-refractivity contribution < 1.29 is 14.9 Å². The molecule has 0 atom stereocenters. The number of hydrogen-bond donors (Lipinski definition) is 3. The highest BCUT2D eigenvalue weighted by atomic mass is 16.5. The number of anilines is 1. The van der Waals surface area contributed by atoms with Crippen LogP contribution in [-0.4, -0.2) is 34.1 Å². The second kappa shape index (κ2) is 9.32. The van der Waals surface area contributed by atoms with Gasteiger partial charge >= 0.3 is 6.02 Å². The van der Waals surface area contributed by atoms with E-state index in [4.69, 9.17) is 10.1 Å². The zero-order valence-electron chi connectivity index (χ0n) is 19.0. The number of hydrogen-bond acceptors (Lipinski definition) is 6. The first-order valence-electron chi connectivity index (χ1n) is 11.0. The first kappa shape index (κ1) is 22.3. The number of aromatic nitrogens is 1. The van der Waals surface area contributed by atoms with Gasteiger partial charge in [0.1, 0.15) is 23.1 Å². The molecule has 3 aromatic rings. The minimum Gasteiger partial charge on any atom is -0.508 e. The van der Waals surface area contributed by atoms with Gasteiger partial charge in [0, 0.05) is 19.3 Å². The van der Waals surface area contributed by atoms with Gasteiger partial charge in [-0.15, -0.1) is 0 Å². The van der Waals surface area contributed by atoms with E-state index in [1.807, 2.05) is 19.9 Å². The van der Waals surface area contributed by atoms with Crippen LogP contribution in [0.15, 0.2) is 59.9 Å². The smallest absolute Gasteiger partial charge is 0.300 e. The van der Waals surface area contributed by atoms with Crippen molar-refractivity contribution in [1.82, 2.24) is 4.98 Å². The number of phenols is 2. The summed E-state index contributed by atoms with van der Waals surface area (Å²) < 4.78 is 5.83. The highest BCUT2D eigenvalue weighted by Gasteiger charge is 2.27. The predicted octanol–water partition coefficient (Wildman–Crippen LogP) is 5.00. The van der Waals surface area contributed by atoms with Crippen molar-refractivity contribution in [3.8, 4) is 17.2 Å². The van der Waals surface area contributed by atoms with E-state index in [-0.39, 0.29) is 23.4 Å². The maximum atomic E-state index is 10.7. The molecule has 7 nitrogen and oxygen atoms in total. The lowest BCUT2D eigenvalue weighted by Gasteiger charge is -2.27. The van der Waals surface area contributed by atoms with Crippen LogP contribution in [0.25, 0.3) is 0 Å². The van der Waals surface area contributed by atoms with E-state index in [9.17, 15) is 10.2 Å². The molecular weight excluding hydrogens is 416 g/mol. The Kier molecular flexibility index (Phi) is 6.31. The second-order valence-corrected chi connectivity index (χ2v) is 8.37. The molecule has 0 saturated heterocycles. The Morgan fingerprint density at radius 2 is 1.88 bits per heavy atom. The van der Waals surface area contributed by atoms with Crippen molar-refractivity contribution in [2.75, 3.05) is 11.9 Å². The van der Waals surface area contributed by atoms with Gasteiger partial charge in [0.05, 0.1) is 17.4 Å². The molecule has 3 N–H and O–H groups in total. The third-order valence-electron chi connectivity index (χ3n) is 5.82. The first-order chi connectivity index (χ1) is 15.9. The summed E-state index contributed by atoms with van der Waals surface area (Å²) in [5.41, 5.74) is 4.34. The number of nitrogens with zero attached hydrogens (tertiary/aromatic N) is 3. The number of phenolic OH excluding ortho intramolecular Hbond substituents is 2. The molecule has 0 aliphatic heterocycles. The number of nitrogens with one attached hydrogen (secondary N) is 1. The number of fused-ring (bicyclic) bond motifs is 1. The van der Waals surface area contributed by atoms with Crippen molar-refractivity contribution >= 4 is 17.5 Å². The lowest BCUT2D eigenvalue weighted by Crippen LogP contribution is -2.40. The number of ether oxygens (including phenoxy) is 1. The molecule has 1 heterocycles. The van der Waals surface area contributed by atoms with Crippen molar-refractivity contribution in [3.63, 3.8) is 0 Å². The van der Waals surface area contributed by atoms with Crippen LogP contribution in [0, 0.1) is 5.41 Å². The van der Waals surface area contributed by atoms with Gasteiger partial charge in [0.15, 0.2) is 0 Å². The number of amidine groups is 2. The zero-order valence-corrected chi connectivity index (χ0v) is 19.0. The minimum atomic E-state index is -0.180. The number of aliphatic imine (C=N–C) groups is 1. The second-order valence-electron chi connectivity index (χ2n) is 8.37. The number of pyridine rings is 1. The summed E-state index contributed by atoms with van der Waals surface area (Å²) in [6.07, 6.45) is 6.30. The molecule has 0 radical (unpaired) electrons. The van der Waals surface area contributed by atoms with Crippen LogP contribution in [0.5, 0.6) is 17.2 Å². The lowest BCUT2D eigenvalue weighted by molar-refractivity contribution is 0.443. The Balaban J connectivity index is 1.83. The average Bonchev–Trinajstić information content (AvgIpc) is 3.26. The molecule has 0 amide bonds. The fraction of sp³-hybridized carbons (Fsp3) is 0.269. The number of benzene rings is 2. The summed E-state index contributed by atoms with van der Waals surface area (Å²) in [4.78, 5) is 10.1. The molecule has 0 unspecified atom stereocenters. The molecule has 0 saturated carbocycles. The van der Waals surface area contributed by atoms with Crippen molar-refractivity contribution in [1.29, 1.82) is 5.41 Å². The Morgan fingerprint density at radius 3 is 2.58 bits per heavy atom. The number of rotatable bonds is 4. The summed E-state index contributed by atoms with van der Waals surface area (Å²) in [5, 5.41) is 29.9. The van der Waals surface area contributed by atoms with Crippen molar-refractivity contribution in [3.05, 3.63) is 77.1 Å². The van der Waals surface area contributed by atoms with E-state index in [0.717, 1.165) is 19.3 Å². The summed E-state index contributed by atoms with van der Waals surface area (Å²) in [6, 6.07) is 12.4. The van der Waals surface area contributed by atoms with Crippen molar-refractivity contribution in [2.24, 2.45) is 4.99 Å². The molecule has 0 bridgehead atoms. The maximum Gasteiger partial charge on any atom is 0.300 e. The first-order valence-corrected chi connectivity index (χ1v) is 11.0. The van der Waals surface area contributed by atoms with Crippen LogP contribution in [0.4, 0.5) is 5.69 Å². The van der Waals surface area contributed by atoms with Gasteiger partial charge in [-0.1, -0.05) is 19.9 Å². The molecule has 2 aromatic carbocycles. The molecule has 1 aliphatic carbocycles. The Labute approximate surface area is 193 Å². The molecule has 33 heavy (non-hydrogen) atoms. The third kappa shape index (κ3) is 4.53. The van der Waals surface area contributed by atoms with Crippen LogP contribution in [-0.2, 0) is 12.8 Å². The molecule has 1 aliphatic rings. The fourth-order valence-corrected chi connectivity index (χ4v) is 4.17. The lowest BCUT2D eigenvalue weighted by atomic mass is 9.98. The van der Waals surface area contributed by atoms with Gasteiger partial charge in [-0.3, -0.25) is 15.4 Å². The van der Waals surface area contributed by atoms with Crippen LogP contribution in [0.2, 0.25) is 0 Å². The standard InChI is InChI=1S/C26H28N4O3/c1-16(2)21-13-22(24(32)14-23(21)31)25(28-3)30(26(27)33-20-8-5-11-29-15-20)19-10-9-17-6-4-7-18(17)12-19/h5,8-16,27,31-32H,4,6-7H2,1-3H3. The fourth-order valence-electron chi connectivity index (χ4n) is 4.17. The SMILES string of the molecule is CN=C(c1cc(C(C)C)c(O)cc1O)N(C(=N)Oc1cccnc1)c1ccc2c(c1)CCC2. The molecular formula is C26H28N4O3. The van der Waals surface area contributed by atoms with Gasteiger partial charge in [-0.05, 0) is 72.2 Å². The average molecular weight is 445 g/mol. The Morgan fingerprint density at radius 1 is 1.09 bits per heavy atom. The molecule has 170 valence electrons. The van der Waals surface area contributed by atoms with Gasteiger partial charge in [0.25, 0.3) is 0 Å². The van der Waals surface area contributed by atoms with Gasteiger partial charge in [-0.2, -0.15) is 0 Å². The third-order valence-corrected chi connectivity index (χ3v) is 5.82. The zero-order chi connectivity index (χ0) is 23.5. The van der Waals surface area contributed by atoms with Crippen LogP contribution in [0.3, 0.4) is 0 Å². The van der Waals surface area contributed by atoms with E-state index in [2.05, 4.69) is 22.1 Å².